The first kappa shape index (κ1) is 24.3. The van der Waals surface area contributed by atoms with Crippen molar-refractivity contribution in [3.63, 3.8) is 0 Å². The van der Waals surface area contributed by atoms with Crippen LogP contribution < -0.4 is 15.5 Å². The summed E-state index contributed by atoms with van der Waals surface area (Å²) < 4.78 is 24.3. The van der Waals surface area contributed by atoms with Crippen LogP contribution in [0.25, 0.3) is 21.9 Å². The van der Waals surface area contributed by atoms with Crippen molar-refractivity contribution in [1.29, 1.82) is 0 Å². The molecule has 0 unspecified atom stereocenters. The highest BCUT2D eigenvalue weighted by molar-refractivity contribution is 6.62. The molecule has 0 saturated carbocycles. The zero-order chi connectivity index (χ0) is 26.2. The van der Waals surface area contributed by atoms with E-state index in [0.717, 1.165) is 54.0 Å². The van der Waals surface area contributed by atoms with Crippen LogP contribution in [0.5, 0.6) is 5.75 Å². The Morgan fingerprint density at radius 2 is 1.84 bits per heavy atom. The zero-order valence-corrected chi connectivity index (χ0v) is 22.9. The maximum Gasteiger partial charge on any atom is 0.494 e. The molecule has 0 aliphatic carbocycles. The number of hydrogen-bond donors (Lipinski definition) is 1. The summed E-state index contributed by atoms with van der Waals surface area (Å²) in [6.07, 6.45) is 1.97. The Kier molecular flexibility index (Phi) is 5.54. The lowest BCUT2D eigenvalue weighted by Gasteiger charge is -2.32. The van der Waals surface area contributed by atoms with Crippen molar-refractivity contribution >= 4 is 34.8 Å². The molecular formula is C31H35BN2O4. The van der Waals surface area contributed by atoms with Crippen LogP contribution in [0.3, 0.4) is 0 Å². The second-order valence-electron chi connectivity index (χ2n) is 12.2. The third-order valence-corrected chi connectivity index (χ3v) is 9.18. The van der Waals surface area contributed by atoms with E-state index in [9.17, 15) is 0 Å². The maximum absolute atomic E-state index is 6.34. The molecule has 4 heterocycles. The van der Waals surface area contributed by atoms with Gasteiger partial charge in [0.1, 0.15) is 12.4 Å². The van der Waals surface area contributed by atoms with Gasteiger partial charge in [0.2, 0.25) is 0 Å². The summed E-state index contributed by atoms with van der Waals surface area (Å²) in [5, 5.41) is 6.12. The van der Waals surface area contributed by atoms with Crippen LogP contribution in [0, 0.1) is 5.92 Å². The molecule has 3 aromatic carbocycles. The molecule has 2 atom stereocenters. The highest BCUT2D eigenvalue weighted by Gasteiger charge is 2.51. The third kappa shape index (κ3) is 3.82. The fourth-order valence-electron chi connectivity index (χ4n) is 6.30. The standard InChI is InChI=1S/C31H35BN2O4/c1-30(2)31(3,4)38-32(37-30)21-7-8-22-20(11-21)17-36-29-14-23-19(12-25(22)29)6-9-26-24(23)13-28(34-26)27-10-18(15-33-27)16-35-5/h6-9,11-12,14,18,27,33H,10,13,15-17H2,1-5H3/t18-,27-/m0/s1. The summed E-state index contributed by atoms with van der Waals surface area (Å²) in [6.45, 7) is 10.7. The van der Waals surface area contributed by atoms with Gasteiger partial charge in [-0.2, -0.15) is 0 Å². The normalized spacial score (nSPS) is 24.7. The molecule has 4 aliphatic heterocycles. The fraction of sp³-hybridized carbons (Fsp3) is 0.452. The van der Waals surface area contributed by atoms with E-state index in [0.29, 0.717) is 18.6 Å². The Morgan fingerprint density at radius 1 is 1.03 bits per heavy atom. The molecule has 0 spiro atoms. The summed E-state index contributed by atoms with van der Waals surface area (Å²) >= 11 is 0. The van der Waals surface area contributed by atoms with Gasteiger partial charge in [-0.05, 0) is 91.2 Å². The number of ether oxygens (including phenoxy) is 2. The highest BCUT2D eigenvalue weighted by atomic mass is 16.7. The minimum atomic E-state index is -0.376. The van der Waals surface area contributed by atoms with Crippen molar-refractivity contribution in [3.8, 4) is 16.9 Å². The lowest BCUT2D eigenvalue weighted by Crippen LogP contribution is -2.41. The Hall–Kier alpha value is -2.71. The van der Waals surface area contributed by atoms with Gasteiger partial charge < -0.3 is 24.1 Å². The van der Waals surface area contributed by atoms with Gasteiger partial charge in [0, 0.05) is 37.4 Å². The lowest BCUT2D eigenvalue weighted by atomic mass is 9.77. The van der Waals surface area contributed by atoms with E-state index in [1.165, 1.54) is 27.6 Å². The van der Waals surface area contributed by atoms with Gasteiger partial charge in [-0.25, -0.2) is 0 Å². The molecule has 0 amide bonds. The minimum absolute atomic E-state index is 0.330. The van der Waals surface area contributed by atoms with E-state index in [1.807, 2.05) is 0 Å². The van der Waals surface area contributed by atoms with E-state index in [-0.39, 0.29) is 18.3 Å². The largest absolute Gasteiger partial charge is 0.494 e. The van der Waals surface area contributed by atoms with Crippen LogP contribution >= 0.6 is 0 Å². The first-order valence-corrected chi connectivity index (χ1v) is 13.7. The van der Waals surface area contributed by atoms with E-state index >= 15 is 0 Å². The Balaban J connectivity index is 1.18. The van der Waals surface area contributed by atoms with Gasteiger partial charge >= 0.3 is 7.12 Å². The van der Waals surface area contributed by atoms with Crippen molar-refractivity contribution in [3.05, 3.63) is 53.6 Å². The van der Waals surface area contributed by atoms with Crippen LogP contribution in [-0.4, -0.2) is 50.3 Å². The van der Waals surface area contributed by atoms with E-state index in [1.54, 1.807) is 7.11 Å². The Morgan fingerprint density at radius 3 is 2.63 bits per heavy atom. The number of hydrogen-bond acceptors (Lipinski definition) is 6. The molecule has 0 radical (unpaired) electrons. The predicted octanol–water partition coefficient (Wildman–Crippen LogP) is 4.95. The van der Waals surface area contributed by atoms with Crippen molar-refractivity contribution in [2.24, 2.45) is 10.9 Å². The summed E-state index contributed by atoms with van der Waals surface area (Å²) in [5.74, 6) is 1.49. The van der Waals surface area contributed by atoms with Gasteiger partial charge in [0.15, 0.2) is 0 Å². The quantitative estimate of drug-likeness (QED) is 0.504. The molecule has 7 rings (SSSR count). The number of rotatable bonds is 4. The van der Waals surface area contributed by atoms with E-state index in [4.69, 9.17) is 23.8 Å². The van der Waals surface area contributed by atoms with Gasteiger partial charge in [-0.1, -0.05) is 24.3 Å². The third-order valence-electron chi connectivity index (χ3n) is 9.18. The fourth-order valence-corrected chi connectivity index (χ4v) is 6.30. The molecule has 2 saturated heterocycles. The van der Waals surface area contributed by atoms with Crippen molar-refractivity contribution in [2.75, 3.05) is 20.3 Å². The first-order chi connectivity index (χ1) is 18.2. The summed E-state index contributed by atoms with van der Waals surface area (Å²) in [6, 6.07) is 15.7. The average Bonchev–Trinajstić information content (AvgIpc) is 3.58. The second kappa shape index (κ2) is 8.65. The number of methoxy groups -OCH3 is 1. The number of aliphatic imine (C=N–C) groups is 1. The average molecular weight is 510 g/mol. The van der Waals surface area contributed by atoms with Crippen LogP contribution in [0.1, 0.15) is 45.2 Å². The smallest absolute Gasteiger partial charge is 0.488 e. The second-order valence-corrected chi connectivity index (χ2v) is 12.2. The van der Waals surface area contributed by atoms with Crippen LogP contribution in [0.2, 0.25) is 0 Å². The summed E-state index contributed by atoms with van der Waals surface area (Å²) in [5.41, 5.74) is 7.46. The summed E-state index contributed by atoms with van der Waals surface area (Å²) in [4.78, 5) is 5.04. The molecule has 0 aromatic heterocycles. The van der Waals surface area contributed by atoms with E-state index < -0.39 is 0 Å². The molecule has 0 bridgehead atoms. The zero-order valence-electron chi connectivity index (χ0n) is 22.9. The number of fused-ring (bicyclic) bond motifs is 6. The molecule has 196 valence electrons. The monoisotopic (exact) mass is 510 g/mol. The van der Waals surface area contributed by atoms with Crippen LogP contribution in [0.4, 0.5) is 5.69 Å². The van der Waals surface area contributed by atoms with Gasteiger partial charge in [-0.15, -0.1) is 0 Å². The number of nitrogens with one attached hydrogen (secondary N) is 1. The number of nitrogens with zero attached hydrogens (tertiary/aromatic N) is 1. The minimum Gasteiger partial charge on any atom is -0.488 e. The molecule has 6 nitrogen and oxygen atoms in total. The van der Waals surface area contributed by atoms with Gasteiger partial charge in [0.25, 0.3) is 0 Å². The van der Waals surface area contributed by atoms with Crippen molar-refractivity contribution in [2.45, 2.75) is 64.4 Å². The molecule has 3 aromatic rings. The molecule has 2 fully saturated rings. The predicted molar refractivity (Wildman–Crippen MR) is 152 cm³/mol. The van der Waals surface area contributed by atoms with Crippen LogP contribution in [0.15, 0.2) is 47.5 Å². The molecular weight excluding hydrogens is 475 g/mol. The first-order valence-electron chi connectivity index (χ1n) is 13.7. The van der Waals surface area contributed by atoms with Gasteiger partial charge in [0.05, 0.1) is 23.5 Å². The van der Waals surface area contributed by atoms with Crippen molar-refractivity contribution < 1.29 is 18.8 Å². The van der Waals surface area contributed by atoms with Gasteiger partial charge in [-0.3, -0.25) is 4.99 Å². The summed E-state index contributed by atoms with van der Waals surface area (Å²) in [7, 11) is 1.40. The Labute approximate surface area is 224 Å². The van der Waals surface area contributed by atoms with Crippen molar-refractivity contribution in [1.82, 2.24) is 5.32 Å². The molecule has 7 heteroatoms. The Bertz CT molecular complexity index is 1460. The van der Waals surface area contributed by atoms with Crippen LogP contribution in [-0.2, 0) is 27.1 Å². The topological polar surface area (TPSA) is 61.3 Å². The number of benzene rings is 3. The van der Waals surface area contributed by atoms with E-state index in [2.05, 4.69) is 75.5 Å². The highest BCUT2D eigenvalue weighted by Crippen LogP contribution is 2.44. The lowest BCUT2D eigenvalue weighted by molar-refractivity contribution is 0.00578. The molecule has 38 heavy (non-hydrogen) atoms. The molecule has 1 N–H and O–H groups in total. The molecule has 4 aliphatic rings. The SMILES string of the molecule is COC[C@@H]1CN[C@H](C2=Nc3ccc4cc5c(cc4c3C2)OCc2cc(B3OC(C)(C)C(C)(C)O3)ccc2-5)C1. The maximum atomic E-state index is 6.34.